The van der Waals surface area contributed by atoms with Gasteiger partial charge in [0.15, 0.2) is 0 Å². The number of hydrogen-bond acceptors (Lipinski definition) is 14. The van der Waals surface area contributed by atoms with Crippen LogP contribution in [0.1, 0.15) is 423 Å². The van der Waals surface area contributed by atoms with Crippen molar-refractivity contribution < 1.29 is 62.7 Å². The SMILES string of the molecule is CC(C)CCCOc1cccc(C2=NC3(CCC(C(C)(C)C)CC3)N([C@H](CCC(C)(C)C)c3ccc(C(=O)NCCC(=O)O)cc3)C2=O)c1.CC(C)CCCOc1cccc(C2=NC3(CCC(C(C)(C)C)CC3)N([C@H](CCC(C)(C)C)c3ccc(C(=O)O)cc3)C2=O)c1.CC(C)CCCOc1cccc(C2=NC3(CCC(C(C)(C)C)CC3)N([C@H](CCC(C)(C)C)c3ccc(C(=O)OC(C)C)cc3)C2=O)c1. The molecule has 3 fully saturated rings. The van der Waals surface area contributed by atoms with Crippen molar-refractivity contribution in [3.63, 3.8) is 0 Å². The number of nitrogens with zero attached hydrogens (tertiary/aromatic N) is 6. The van der Waals surface area contributed by atoms with E-state index in [-0.39, 0.29) is 105 Å². The molecule has 20 nitrogen and oxygen atoms in total. The van der Waals surface area contributed by atoms with Crippen molar-refractivity contribution in [3.05, 3.63) is 196 Å². The topological polar surface area (TPSA) is 256 Å². The Morgan fingerprint density at radius 1 is 0.386 bits per heavy atom. The molecule has 766 valence electrons. The average molecular weight is 1920 g/mol. The number of aromatic carboxylic acids is 1. The third-order valence-electron chi connectivity index (χ3n) is 29.5. The lowest BCUT2D eigenvalue weighted by molar-refractivity contribution is -0.137. The summed E-state index contributed by atoms with van der Waals surface area (Å²) >= 11 is 0. The van der Waals surface area contributed by atoms with Gasteiger partial charge in [0.05, 0.1) is 61.6 Å². The van der Waals surface area contributed by atoms with Crippen LogP contribution in [-0.4, -0.2) is 133 Å². The van der Waals surface area contributed by atoms with Gasteiger partial charge in [-0.15, -0.1) is 0 Å². The molecule has 20 heteroatoms. The van der Waals surface area contributed by atoms with E-state index in [0.717, 1.165) is 205 Å². The van der Waals surface area contributed by atoms with Crippen LogP contribution < -0.4 is 19.5 Å². The number of aliphatic carboxylic acids is 1. The second-order valence-electron chi connectivity index (χ2n) is 49.4. The van der Waals surface area contributed by atoms with Gasteiger partial charge >= 0.3 is 17.9 Å². The molecule has 3 N–H and O–H groups in total. The van der Waals surface area contributed by atoms with Gasteiger partial charge in [-0.3, -0.25) is 38.9 Å². The lowest BCUT2D eigenvalue weighted by Gasteiger charge is -2.47. The highest BCUT2D eigenvalue weighted by Crippen LogP contribution is 2.55. The minimum absolute atomic E-state index is 0.0154. The highest BCUT2D eigenvalue weighted by molar-refractivity contribution is 6.48. The lowest BCUT2D eigenvalue weighted by Crippen LogP contribution is -2.51. The van der Waals surface area contributed by atoms with Crippen LogP contribution in [0.25, 0.3) is 0 Å². The molecule has 3 atom stereocenters. The molecule has 3 saturated carbocycles. The molecule has 0 saturated heterocycles. The first-order chi connectivity index (χ1) is 65.6. The van der Waals surface area contributed by atoms with E-state index >= 15 is 0 Å². The molecule has 12 rings (SSSR count). The summed E-state index contributed by atoms with van der Waals surface area (Å²) in [5.41, 5.74) is 7.01. The van der Waals surface area contributed by atoms with Crippen LogP contribution in [0.3, 0.4) is 0 Å². The normalized spacial score (nSPS) is 21.0. The minimum Gasteiger partial charge on any atom is -0.494 e. The quantitative estimate of drug-likeness (QED) is 0.0243. The Labute approximate surface area is 840 Å². The van der Waals surface area contributed by atoms with Crippen molar-refractivity contribution in [2.75, 3.05) is 26.4 Å². The van der Waals surface area contributed by atoms with Crippen molar-refractivity contribution in [2.24, 2.45) is 83.0 Å². The van der Waals surface area contributed by atoms with Crippen LogP contribution in [0.5, 0.6) is 17.2 Å². The van der Waals surface area contributed by atoms with Crippen molar-refractivity contribution in [1.29, 1.82) is 0 Å². The zero-order valence-corrected chi connectivity index (χ0v) is 90.2. The Kier molecular flexibility index (Phi) is 38.3. The Bertz CT molecular complexity index is 5210. The number of esters is 1. The Balaban J connectivity index is 0.000000217. The maximum Gasteiger partial charge on any atom is 0.338 e. The van der Waals surface area contributed by atoms with Gasteiger partial charge in [-0.05, 0) is 325 Å². The molecule has 6 aromatic carbocycles. The van der Waals surface area contributed by atoms with Crippen LogP contribution in [0.2, 0.25) is 0 Å². The standard InChI is InChI=1S/C41H59N3O5.C41H60N2O4.C38H54N2O4/c1-28(2)11-10-26-49-33-13-9-12-31(27-33)36-38(48)44(41(43-36)23-18-32(19-24-41)40(6,7)8)34(20-22-39(3,4)5)29-14-16-30(17-15-29)37(47)42-25-21-35(45)46;1-28(2)13-12-26-46-34-15-11-14-32(27-34)36-37(44)43(41(42-36)24-20-33(21-25-41)40(8,9)10)35(22-23-39(5,6)7)30-16-18-31(19-17-30)38(45)47-29(3)4;1-26(2)11-10-24-44-31-13-9-12-29(25-31)33-34(41)40(38(39-33)22-18-30(19-23-38)37(6,7)8)32(20-21-36(3,4)5)27-14-16-28(17-15-27)35(42)43/h9,12-17,27-28,32,34H,10-11,18-26H2,1-8H3,(H,42,47)(H,45,46);11,14-19,27-29,33,35H,12-13,20-26H2,1-10H3;9,12-17,25-26,30,32H,10-11,18-24H2,1-8H3,(H,42,43)/t32?,34-,41?;33?,35-,41?;30?,32-,38?/m111/s1. The molecule has 0 bridgehead atoms. The third kappa shape index (κ3) is 31.0. The largest absolute Gasteiger partial charge is 0.494 e. The Hall–Kier alpha value is -9.98. The summed E-state index contributed by atoms with van der Waals surface area (Å²) in [7, 11) is 0. The summed E-state index contributed by atoms with van der Waals surface area (Å²) in [4.78, 5) is 115. The van der Waals surface area contributed by atoms with E-state index in [4.69, 9.17) is 39.0 Å². The fraction of sp³-hybridized carbons (Fsp3) is 0.617. The number of amides is 4. The molecule has 6 aromatic rings. The molecule has 3 spiro atoms. The molecule has 3 aliphatic heterocycles. The zero-order valence-electron chi connectivity index (χ0n) is 90.2. The number of carboxylic acid groups (broad SMARTS) is 2. The first-order valence-electron chi connectivity index (χ1n) is 52.8. The first-order valence-corrected chi connectivity index (χ1v) is 52.8. The summed E-state index contributed by atoms with van der Waals surface area (Å²) in [6, 6.07) is 45.2. The summed E-state index contributed by atoms with van der Waals surface area (Å²) in [6.45, 7) is 59.9. The van der Waals surface area contributed by atoms with E-state index in [1.165, 1.54) is 0 Å². The monoisotopic (exact) mass is 1920 g/mol. The molecular weight excluding hydrogens is 1750 g/mol. The molecule has 140 heavy (non-hydrogen) atoms. The molecular formula is C120H173N7O13. The maximum absolute atomic E-state index is 14.8. The van der Waals surface area contributed by atoms with E-state index in [1.807, 2.05) is 135 Å². The molecule has 0 aromatic heterocycles. The maximum atomic E-state index is 14.8. The van der Waals surface area contributed by atoms with Crippen LogP contribution in [0.4, 0.5) is 0 Å². The van der Waals surface area contributed by atoms with Gasteiger partial charge in [-0.1, -0.05) is 239 Å². The predicted molar refractivity (Wildman–Crippen MR) is 566 cm³/mol. The summed E-state index contributed by atoms with van der Waals surface area (Å²) in [5.74, 6) is 3.21. The number of carbonyl (C=O) groups is 7. The second kappa shape index (κ2) is 47.9. The third-order valence-corrected chi connectivity index (χ3v) is 29.5. The highest BCUT2D eigenvalue weighted by atomic mass is 16.5. The van der Waals surface area contributed by atoms with E-state index in [1.54, 1.807) is 24.3 Å². The lowest BCUT2D eigenvalue weighted by atomic mass is 9.69. The zero-order chi connectivity index (χ0) is 103. The van der Waals surface area contributed by atoms with Crippen molar-refractivity contribution in [2.45, 2.75) is 382 Å². The summed E-state index contributed by atoms with van der Waals surface area (Å²) in [5, 5.41) is 21.2. The molecule has 3 heterocycles. The second-order valence-corrected chi connectivity index (χ2v) is 49.4. The number of ether oxygens (including phenoxy) is 4. The van der Waals surface area contributed by atoms with Gasteiger partial charge < -0.3 is 49.2 Å². The van der Waals surface area contributed by atoms with Crippen molar-refractivity contribution >= 4 is 58.7 Å². The van der Waals surface area contributed by atoms with Crippen LogP contribution in [0.15, 0.2) is 161 Å². The average Bonchev–Trinajstić information content (AvgIpc) is 1.59. The molecule has 3 aliphatic carbocycles. The number of nitrogens with one attached hydrogen (secondary N) is 1. The van der Waals surface area contributed by atoms with Crippen molar-refractivity contribution in [3.8, 4) is 17.2 Å². The summed E-state index contributed by atoms with van der Waals surface area (Å²) in [6.07, 6.45) is 22.0. The smallest absolute Gasteiger partial charge is 0.338 e. The van der Waals surface area contributed by atoms with E-state index in [0.29, 0.717) is 83.6 Å². The van der Waals surface area contributed by atoms with Gasteiger partial charge in [0, 0.05) is 28.8 Å². The Morgan fingerprint density at radius 3 is 0.914 bits per heavy atom. The number of hydrogen-bond donors (Lipinski definition) is 3. The fourth-order valence-electron chi connectivity index (χ4n) is 21.1. The molecule has 6 aliphatic rings. The van der Waals surface area contributed by atoms with E-state index in [9.17, 15) is 38.7 Å². The highest BCUT2D eigenvalue weighted by Gasteiger charge is 2.57. The minimum atomic E-state index is -0.958. The number of rotatable bonds is 37. The summed E-state index contributed by atoms with van der Waals surface area (Å²) < 4.78 is 23.8. The van der Waals surface area contributed by atoms with Crippen LogP contribution in [-0.2, 0) is 23.9 Å². The van der Waals surface area contributed by atoms with Gasteiger partial charge in [-0.25, -0.2) is 9.59 Å². The molecule has 0 unspecified atom stereocenters. The van der Waals surface area contributed by atoms with Gasteiger partial charge in [0.1, 0.15) is 51.4 Å². The number of carbonyl (C=O) groups excluding carboxylic acids is 5. The van der Waals surface area contributed by atoms with Crippen molar-refractivity contribution in [1.82, 2.24) is 20.0 Å². The molecule has 0 radical (unpaired) electrons. The van der Waals surface area contributed by atoms with Gasteiger partial charge in [-0.2, -0.15) is 0 Å². The van der Waals surface area contributed by atoms with Gasteiger partial charge in [0.25, 0.3) is 23.6 Å². The predicted octanol–water partition coefficient (Wildman–Crippen LogP) is 28.4. The number of benzene rings is 6. The first kappa shape index (κ1) is 112. The number of carboxylic acids is 2. The van der Waals surface area contributed by atoms with E-state index in [2.05, 4.69) is 186 Å². The van der Waals surface area contributed by atoms with Crippen LogP contribution in [0, 0.1) is 68.0 Å². The van der Waals surface area contributed by atoms with Gasteiger partial charge in [0.2, 0.25) is 0 Å². The number of aliphatic imine (C=N–C) groups is 3. The fourth-order valence-corrected chi connectivity index (χ4v) is 21.1. The Morgan fingerprint density at radius 2 is 0.664 bits per heavy atom. The molecule has 4 amide bonds. The van der Waals surface area contributed by atoms with E-state index < -0.39 is 28.9 Å². The van der Waals surface area contributed by atoms with Crippen LogP contribution >= 0.6 is 0 Å².